The molecule has 16 heavy (non-hydrogen) atoms. The standard InChI is InChI=1S/C12H19N3S/c1-2-14-12(11-13-6-9-16-11)5-8-15-7-3-4-10(12)15/h6,9-10,14H,2-5,7-8H2,1H3. The minimum Gasteiger partial charge on any atom is -0.304 e. The number of thiazole rings is 1. The summed E-state index contributed by atoms with van der Waals surface area (Å²) in [4.78, 5) is 7.22. The number of nitrogens with one attached hydrogen (secondary N) is 1. The number of hydrogen-bond donors (Lipinski definition) is 1. The van der Waals surface area contributed by atoms with E-state index in [0.29, 0.717) is 6.04 Å². The summed E-state index contributed by atoms with van der Waals surface area (Å²) in [5.41, 5.74) is 0.152. The number of hydrogen-bond acceptors (Lipinski definition) is 4. The second-order valence-corrected chi connectivity index (χ2v) is 5.68. The Morgan fingerprint density at radius 3 is 3.31 bits per heavy atom. The molecule has 0 bridgehead atoms. The number of fused-ring (bicyclic) bond motifs is 1. The molecule has 0 aromatic carbocycles. The Morgan fingerprint density at radius 2 is 2.56 bits per heavy atom. The van der Waals surface area contributed by atoms with Gasteiger partial charge in [-0.05, 0) is 32.4 Å². The zero-order valence-corrected chi connectivity index (χ0v) is 10.6. The van der Waals surface area contributed by atoms with Crippen molar-refractivity contribution in [3.05, 3.63) is 16.6 Å². The van der Waals surface area contributed by atoms with Gasteiger partial charge >= 0.3 is 0 Å². The van der Waals surface area contributed by atoms with Crippen LogP contribution in [0.2, 0.25) is 0 Å². The lowest BCUT2D eigenvalue weighted by Gasteiger charge is -2.34. The molecule has 0 spiro atoms. The Labute approximate surface area is 101 Å². The highest BCUT2D eigenvalue weighted by molar-refractivity contribution is 7.09. The first kappa shape index (κ1) is 10.7. The second kappa shape index (κ2) is 4.09. The van der Waals surface area contributed by atoms with Crippen molar-refractivity contribution in [2.24, 2.45) is 0 Å². The maximum absolute atomic E-state index is 4.58. The predicted molar refractivity (Wildman–Crippen MR) is 66.7 cm³/mol. The van der Waals surface area contributed by atoms with Gasteiger partial charge in [0.15, 0.2) is 0 Å². The van der Waals surface area contributed by atoms with Gasteiger partial charge in [0.2, 0.25) is 0 Å². The molecule has 2 aliphatic rings. The fourth-order valence-corrected chi connectivity index (χ4v) is 4.32. The minimum absolute atomic E-state index is 0.152. The van der Waals surface area contributed by atoms with Crippen LogP contribution >= 0.6 is 11.3 Å². The van der Waals surface area contributed by atoms with Crippen molar-refractivity contribution in [3.63, 3.8) is 0 Å². The van der Waals surface area contributed by atoms with E-state index in [1.807, 2.05) is 17.5 Å². The van der Waals surface area contributed by atoms with Crippen LogP contribution in [0.1, 0.15) is 31.2 Å². The van der Waals surface area contributed by atoms with E-state index < -0.39 is 0 Å². The van der Waals surface area contributed by atoms with Gasteiger partial charge in [-0.2, -0.15) is 0 Å². The smallest absolute Gasteiger partial charge is 0.114 e. The fraction of sp³-hybridized carbons (Fsp3) is 0.750. The third kappa shape index (κ3) is 1.44. The lowest BCUT2D eigenvalue weighted by atomic mass is 9.89. The highest BCUT2D eigenvalue weighted by atomic mass is 32.1. The van der Waals surface area contributed by atoms with Crippen LogP contribution < -0.4 is 5.32 Å². The van der Waals surface area contributed by atoms with E-state index in [1.54, 1.807) is 0 Å². The van der Waals surface area contributed by atoms with Crippen molar-refractivity contribution in [1.29, 1.82) is 0 Å². The first-order valence-corrected chi connectivity index (χ1v) is 7.14. The van der Waals surface area contributed by atoms with Gasteiger partial charge in [-0.25, -0.2) is 4.98 Å². The molecule has 2 unspecified atom stereocenters. The normalized spacial score (nSPS) is 34.4. The molecule has 3 nitrogen and oxygen atoms in total. The van der Waals surface area contributed by atoms with E-state index in [9.17, 15) is 0 Å². The molecule has 0 radical (unpaired) electrons. The summed E-state index contributed by atoms with van der Waals surface area (Å²) in [6.07, 6.45) is 5.84. The molecular formula is C12H19N3S. The largest absolute Gasteiger partial charge is 0.304 e. The van der Waals surface area contributed by atoms with Crippen LogP contribution in [0.15, 0.2) is 11.6 Å². The number of rotatable bonds is 3. The fourth-order valence-electron chi connectivity index (χ4n) is 3.43. The molecule has 2 fully saturated rings. The number of nitrogens with zero attached hydrogens (tertiary/aromatic N) is 2. The molecule has 0 aliphatic carbocycles. The van der Waals surface area contributed by atoms with Crippen LogP contribution in [0.4, 0.5) is 0 Å². The van der Waals surface area contributed by atoms with Crippen molar-refractivity contribution < 1.29 is 0 Å². The highest BCUT2D eigenvalue weighted by Crippen LogP contribution is 2.43. The average Bonchev–Trinajstić information content (AvgIpc) is 2.94. The average molecular weight is 237 g/mol. The molecule has 2 saturated heterocycles. The van der Waals surface area contributed by atoms with Crippen molar-refractivity contribution in [2.75, 3.05) is 19.6 Å². The highest BCUT2D eigenvalue weighted by Gasteiger charge is 2.51. The molecule has 3 heterocycles. The van der Waals surface area contributed by atoms with Gasteiger partial charge in [-0.3, -0.25) is 4.90 Å². The van der Waals surface area contributed by atoms with Crippen molar-refractivity contribution in [2.45, 2.75) is 37.8 Å². The molecular weight excluding hydrogens is 218 g/mol. The number of likely N-dealkylation sites (N-methyl/N-ethyl adjacent to an activating group) is 1. The summed E-state index contributed by atoms with van der Waals surface area (Å²) in [6, 6.07) is 0.679. The van der Waals surface area contributed by atoms with Crippen LogP contribution in [0.25, 0.3) is 0 Å². The Hall–Kier alpha value is -0.450. The van der Waals surface area contributed by atoms with E-state index in [1.165, 1.54) is 37.4 Å². The maximum Gasteiger partial charge on any atom is 0.114 e. The van der Waals surface area contributed by atoms with Crippen molar-refractivity contribution in [1.82, 2.24) is 15.2 Å². The van der Waals surface area contributed by atoms with E-state index in [-0.39, 0.29) is 5.54 Å². The zero-order valence-electron chi connectivity index (χ0n) is 9.78. The zero-order chi connectivity index (χ0) is 11.0. The van der Waals surface area contributed by atoms with E-state index >= 15 is 0 Å². The third-order valence-corrected chi connectivity index (χ3v) is 4.98. The van der Waals surface area contributed by atoms with Gasteiger partial charge in [0.1, 0.15) is 5.01 Å². The summed E-state index contributed by atoms with van der Waals surface area (Å²) >= 11 is 1.81. The SMILES string of the molecule is CCNC1(c2nccs2)CCN2CCCC21. The second-order valence-electron chi connectivity index (χ2n) is 4.78. The molecule has 88 valence electrons. The van der Waals surface area contributed by atoms with Crippen LogP contribution in [0.3, 0.4) is 0 Å². The van der Waals surface area contributed by atoms with Crippen LogP contribution in [-0.4, -0.2) is 35.6 Å². The van der Waals surface area contributed by atoms with Gasteiger partial charge < -0.3 is 5.32 Å². The van der Waals surface area contributed by atoms with Gasteiger partial charge in [-0.1, -0.05) is 6.92 Å². The Balaban J connectivity index is 1.97. The van der Waals surface area contributed by atoms with E-state index in [0.717, 1.165) is 6.54 Å². The molecule has 1 aromatic rings. The van der Waals surface area contributed by atoms with Gasteiger partial charge in [0.05, 0.1) is 5.54 Å². The molecule has 1 aromatic heterocycles. The third-order valence-electron chi connectivity index (χ3n) is 4.03. The molecule has 1 N–H and O–H groups in total. The number of aromatic nitrogens is 1. The summed E-state index contributed by atoms with van der Waals surface area (Å²) in [5.74, 6) is 0. The topological polar surface area (TPSA) is 28.2 Å². The van der Waals surface area contributed by atoms with Crippen LogP contribution in [-0.2, 0) is 5.54 Å². The quantitative estimate of drug-likeness (QED) is 0.869. The van der Waals surface area contributed by atoms with Crippen LogP contribution in [0.5, 0.6) is 0 Å². The minimum atomic E-state index is 0.152. The van der Waals surface area contributed by atoms with Gasteiger partial charge in [0, 0.05) is 24.2 Å². The Bertz CT molecular complexity index is 347. The molecule has 0 saturated carbocycles. The molecule has 3 rings (SSSR count). The summed E-state index contributed by atoms with van der Waals surface area (Å²) in [5, 5.41) is 7.14. The van der Waals surface area contributed by atoms with Gasteiger partial charge in [-0.15, -0.1) is 11.3 Å². The van der Waals surface area contributed by atoms with Crippen molar-refractivity contribution in [3.8, 4) is 0 Å². The molecule has 0 amide bonds. The molecule has 2 aliphatic heterocycles. The lowest BCUT2D eigenvalue weighted by molar-refractivity contribution is 0.228. The van der Waals surface area contributed by atoms with Crippen molar-refractivity contribution >= 4 is 11.3 Å². The maximum atomic E-state index is 4.58. The lowest BCUT2D eigenvalue weighted by Crippen LogP contribution is -2.50. The van der Waals surface area contributed by atoms with Crippen LogP contribution in [0, 0.1) is 0 Å². The summed E-state index contributed by atoms with van der Waals surface area (Å²) in [7, 11) is 0. The first-order chi connectivity index (χ1) is 7.87. The van der Waals surface area contributed by atoms with Gasteiger partial charge in [0.25, 0.3) is 0 Å². The predicted octanol–water partition coefficient (Wildman–Crippen LogP) is 1.82. The monoisotopic (exact) mass is 237 g/mol. The Kier molecular flexibility index (Phi) is 2.73. The van der Waals surface area contributed by atoms with E-state index in [2.05, 4.69) is 27.5 Å². The summed E-state index contributed by atoms with van der Waals surface area (Å²) < 4.78 is 0. The summed E-state index contributed by atoms with van der Waals surface area (Å²) in [6.45, 7) is 5.75. The molecule has 4 heteroatoms. The Morgan fingerprint density at radius 1 is 1.62 bits per heavy atom. The first-order valence-electron chi connectivity index (χ1n) is 6.26. The van der Waals surface area contributed by atoms with E-state index in [4.69, 9.17) is 0 Å². The molecule has 2 atom stereocenters.